The van der Waals surface area contributed by atoms with Gasteiger partial charge in [-0.15, -0.1) is 16.8 Å². The van der Waals surface area contributed by atoms with Gasteiger partial charge in [0.05, 0.1) is 17.3 Å². The lowest BCUT2D eigenvalue weighted by molar-refractivity contribution is -0.119. The van der Waals surface area contributed by atoms with Gasteiger partial charge in [0, 0.05) is 22.6 Å². The van der Waals surface area contributed by atoms with Gasteiger partial charge in [-0.3, -0.25) is 9.36 Å². The van der Waals surface area contributed by atoms with Crippen LogP contribution in [0.15, 0.2) is 46.5 Å². The lowest BCUT2D eigenvalue weighted by atomic mass is 10.2. The Morgan fingerprint density at radius 1 is 1.37 bits per heavy atom. The van der Waals surface area contributed by atoms with Gasteiger partial charge >= 0.3 is 0 Å². The Hall–Kier alpha value is -1.65. The summed E-state index contributed by atoms with van der Waals surface area (Å²) in [5, 5.41) is 11.8. The zero-order valence-corrected chi connectivity index (χ0v) is 17.7. The van der Waals surface area contributed by atoms with Crippen LogP contribution in [0.4, 0.5) is 0 Å². The van der Waals surface area contributed by atoms with E-state index in [1.165, 1.54) is 11.8 Å². The van der Waals surface area contributed by atoms with Crippen LogP contribution in [0.2, 0.25) is 0 Å². The van der Waals surface area contributed by atoms with Gasteiger partial charge in [0.1, 0.15) is 0 Å². The van der Waals surface area contributed by atoms with Crippen molar-refractivity contribution in [1.29, 1.82) is 0 Å². The Bertz CT molecular complexity index is 942. The van der Waals surface area contributed by atoms with E-state index in [9.17, 15) is 13.2 Å². The number of benzene rings is 1. The van der Waals surface area contributed by atoms with E-state index in [4.69, 9.17) is 0 Å². The Morgan fingerprint density at radius 2 is 2.11 bits per heavy atom. The van der Waals surface area contributed by atoms with Crippen molar-refractivity contribution in [3.8, 4) is 11.4 Å². The summed E-state index contributed by atoms with van der Waals surface area (Å²) in [6.45, 7) is 4.29. The summed E-state index contributed by atoms with van der Waals surface area (Å²) < 4.78 is 25.8. The maximum atomic E-state index is 12.2. The summed E-state index contributed by atoms with van der Waals surface area (Å²) in [6.07, 6.45) is 2.22. The fraction of sp³-hybridized carbons (Fsp3) is 0.353. The first-order valence-electron chi connectivity index (χ1n) is 8.30. The SMILES string of the molecule is C=CCn1c(SCC(=O)N[C@@H]2CCS(=O)(=O)C2)nnc1-c1ccc(Br)cc1. The molecule has 7 nitrogen and oxygen atoms in total. The van der Waals surface area contributed by atoms with Crippen molar-refractivity contribution in [2.45, 2.75) is 24.2 Å². The number of sulfone groups is 1. The average Bonchev–Trinajstić information content (AvgIpc) is 3.17. The first-order valence-corrected chi connectivity index (χ1v) is 11.9. The molecule has 0 unspecified atom stereocenters. The number of thioether (sulfide) groups is 1. The van der Waals surface area contributed by atoms with Crippen molar-refractivity contribution >= 4 is 43.4 Å². The number of carbonyl (C=O) groups excluding carboxylic acids is 1. The second kappa shape index (κ2) is 8.57. The van der Waals surface area contributed by atoms with Crippen LogP contribution in [0, 0.1) is 0 Å². The third kappa shape index (κ3) is 5.20. The molecule has 144 valence electrons. The largest absolute Gasteiger partial charge is 0.352 e. The maximum Gasteiger partial charge on any atom is 0.230 e. The maximum absolute atomic E-state index is 12.2. The molecule has 0 saturated carbocycles. The number of nitrogens with zero attached hydrogens (tertiary/aromatic N) is 3. The highest BCUT2D eigenvalue weighted by Gasteiger charge is 2.29. The van der Waals surface area contributed by atoms with Gasteiger partial charge in [0.25, 0.3) is 0 Å². The molecule has 1 aromatic heterocycles. The lowest BCUT2D eigenvalue weighted by Gasteiger charge is -2.11. The highest BCUT2D eigenvalue weighted by atomic mass is 79.9. The third-order valence-corrected chi connectivity index (χ3v) is 7.32. The molecule has 0 aliphatic carbocycles. The van der Waals surface area contributed by atoms with Gasteiger partial charge in [-0.2, -0.15) is 0 Å². The number of allylic oxidation sites excluding steroid dienone is 1. The molecule has 1 amide bonds. The number of carbonyl (C=O) groups is 1. The van der Waals surface area contributed by atoms with Crippen LogP contribution in [0.5, 0.6) is 0 Å². The number of halogens is 1. The number of nitrogens with one attached hydrogen (secondary N) is 1. The molecule has 27 heavy (non-hydrogen) atoms. The Labute approximate surface area is 170 Å². The quantitative estimate of drug-likeness (QED) is 0.492. The van der Waals surface area contributed by atoms with Crippen molar-refractivity contribution in [3.05, 3.63) is 41.4 Å². The summed E-state index contributed by atoms with van der Waals surface area (Å²) in [4.78, 5) is 12.2. The van der Waals surface area contributed by atoms with E-state index in [0.717, 1.165) is 10.0 Å². The molecule has 1 atom stereocenters. The van der Waals surface area contributed by atoms with Crippen molar-refractivity contribution in [2.24, 2.45) is 0 Å². The van der Waals surface area contributed by atoms with E-state index < -0.39 is 9.84 Å². The fourth-order valence-electron chi connectivity index (χ4n) is 2.81. The molecule has 1 aromatic carbocycles. The fourth-order valence-corrected chi connectivity index (χ4v) is 5.51. The van der Waals surface area contributed by atoms with Crippen LogP contribution < -0.4 is 5.32 Å². The number of rotatable bonds is 7. The Morgan fingerprint density at radius 3 is 2.74 bits per heavy atom. The van der Waals surface area contributed by atoms with E-state index in [0.29, 0.717) is 23.9 Å². The van der Waals surface area contributed by atoms with Gasteiger partial charge in [0.2, 0.25) is 5.91 Å². The minimum atomic E-state index is -3.02. The zero-order chi connectivity index (χ0) is 19.4. The Balaban J connectivity index is 1.67. The van der Waals surface area contributed by atoms with Crippen molar-refractivity contribution < 1.29 is 13.2 Å². The topological polar surface area (TPSA) is 94.0 Å². The summed E-state index contributed by atoms with van der Waals surface area (Å²) in [6, 6.07) is 7.44. The van der Waals surface area contributed by atoms with Crippen LogP contribution >= 0.6 is 27.7 Å². The average molecular weight is 471 g/mol. The molecule has 2 heterocycles. The van der Waals surface area contributed by atoms with Gasteiger partial charge in [-0.05, 0) is 18.6 Å². The summed E-state index contributed by atoms with van der Waals surface area (Å²) in [7, 11) is -3.02. The monoisotopic (exact) mass is 470 g/mol. The highest BCUT2D eigenvalue weighted by molar-refractivity contribution is 9.10. The van der Waals surface area contributed by atoms with Gasteiger partial charge < -0.3 is 5.32 Å². The molecule has 0 radical (unpaired) electrons. The smallest absolute Gasteiger partial charge is 0.230 e. The van der Waals surface area contributed by atoms with Gasteiger partial charge in [0.15, 0.2) is 20.8 Å². The highest BCUT2D eigenvalue weighted by Crippen LogP contribution is 2.25. The van der Waals surface area contributed by atoms with Crippen LogP contribution in [-0.4, -0.2) is 52.4 Å². The molecule has 1 fully saturated rings. The van der Waals surface area contributed by atoms with Crippen molar-refractivity contribution in [1.82, 2.24) is 20.1 Å². The first-order chi connectivity index (χ1) is 12.9. The second-order valence-electron chi connectivity index (χ2n) is 6.17. The standard InChI is InChI=1S/C17H19BrN4O3S2/c1-2-8-22-16(12-3-5-13(18)6-4-12)20-21-17(22)26-10-15(23)19-14-7-9-27(24,25)11-14/h2-6,14H,1,7-11H2,(H,19,23)/t14-/m1/s1. The number of aromatic nitrogens is 3. The minimum Gasteiger partial charge on any atom is -0.352 e. The third-order valence-electron chi connectivity index (χ3n) is 4.06. The van der Waals surface area contributed by atoms with Gasteiger partial charge in [-0.1, -0.05) is 45.9 Å². The molecule has 1 aliphatic rings. The Kier molecular flexibility index (Phi) is 6.38. The molecule has 0 spiro atoms. The molecule has 1 saturated heterocycles. The second-order valence-corrected chi connectivity index (χ2v) is 10.3. The molecule has 2 aromatic rings. The molecular formula is C17H19BrN4O3S2. The van der Waals surface area contributed by atoms with Crippen LogP contribution in [0.3, 0.4) is 0 Å². The van der Waals surface area contributed by atoms with Crippen LogP contribution in [0.1, 0.15) is 6.42 Å². The number of hydrogen-bond donors (Lipinski definition) is 1. The predicted octanol–water partition coefficient (Wildman–Crippen LogP) is 2.29. The summed E-state index contributed by atoms with van der Waals surface area (Å²) >= 11 is 4.68. The van der Waals surface area contributed by atoms with Gasteiger partial charge in [-0.25, -0.2) is 8.42 Å². The number of amides is 1. The first kappa shape index (κ1) is 20.1. The summed E-state index contributed by atoms with van der Waals surface area (Å²) in [5.41, 5.74) is 0.917. The normalized spacial score (nSPS) is 18.3. The van der Waals surface area contributed by atoms with Crippen LogP contribution in [0.25, 0.3) is 11.4 Å². The van der Waals surface area contributed by atoms with Crippen LogP contribution in [-0.2, 0) is 21.2 Å². The lowest BCUT2D eigenvalue weighted by Crippen LogP contribution is -2.36. The van der Waals surface area contributed by atoms with E-state index in [1.807, 2.05) is 28.8 Å². The molecule has 1 N–H and O–H groups in total. The molecule has 1 aliphatic heterocycles. The minimum absolute atomic E-state index is 0.0176. The van der Waals surface area contributed by atoms with Crippen molar-refractivity contribution in [2.75, 3.05) is 17.3 Å². The van der Waals surface area contributed by atoms with E-state index in [-0.39, 0.29) is 29.2 Å². The molecule has 3 rings (SSSR count). The zero-order valence-electron chi connectivity index (χ0n) is 14.5. The number of hydrogen-bond acceptors (Lipinski definition) is 6. The van der Waals surface area contributed by atoms with E-state index in [1.54, 1.807) is 6.08 Å². The summed E-state index contributed by atoms with van der Waals surface area (Å²) in [5.74, 6) is 0.790. The molecule has 10 heteroatoms. The predicted molar refractivity (Wildman–Crippen MR) is 109 cm³/mol. The van der Waals surface area contributed by atoms with E-state index >= 15 is 0 Å². The van der Waals surface area contributed by atoms with Crippen molar-refractivity contribution in [3.63, 3.8) is 0 Å². The molecular weight excluding hydrogens is 452 g/mol. The molecule has 0 bridgehead atoms. The van der Waals surface area contributed by atoms with E-state index in [2.05, 4.69) is 38.0 Å².